The summed E-state index contributed by atoms with van der Waals surface area (Å²) < 4.78 is 12.6. The van der Waals surface area contributed by atoms with Crippen molar-refractivity contribution in [1.29, 1.82) is 0 Å². The van der Waals surface area contributed by atoms with Crippen LogP contribution in [0.3, 0.4) is 0 Å². The van der Waals surface area contributed by atoms with Gasteiger partial charge in [0.05, 0.1) is 0 Å². The molecule has 88 valence electrons. The molecular formula is C9H11FIN3OS. The van der Waals surface area contributed by atoms with Crippen LogP contribution in [0.25, 0.3) is 0 Å². The second-order valence-electron chi connectivity index (χ2n) is 2.65. The molecule has 1 rings (SSSR count). The second kappa shape index (κ2) is 7.44. The Balaban J connectivity index is 0.00000225. The van der Waals surface area contributed by atoms with Gasteiger partial charge in [-0.3, -0.25) is 0 Å². The highest BCUT2D eigenvalue weighted by molar-refractivity contribution is 8.13. The highest BCUT2D eigenvalue weighted by Crippen LogP contribution is 2.01. The molecule has 2 amide bonds. The van der Waals surface area contributed by atoms with E-state index in [0.29, 0.717) is 10.9 Å². The Morgan fingerprint density at radius 3 is 2.44 bits per heavy atom. The first-order valence-electron chi connectivity index (χ1n) is 4.12. The lowest BCUT2D eigenvalue weighted by molar-refractivity contribution is -0.352. The number of hydrogen-bond acceptors (Lipinski definition) is 2. The number of urea groups is 1. The molecule has 0 spiro atoms. The van der Waals surface area contributed by atoms with Crippen LogP contribution >= 0.6 is 11.8 Å². The van der Waals surface area contributed by atoms with Gasteiger partial charge in [0.1, 0.15) is 11.5 Å². The van der Waals surface area contributed by atoms with Crippen molar-refractivity contribution in [2.75, 3.05) is 6.26 Å². The minimum absolute atomic E-state index is 0. The number of amides is 2. The van der Waals surface area contributed by atoms with Gasteiger partial charge in [-0.1, -0.05) is 0 Å². The molecule has 0 radical (unpaired) electrons. The van der Waals surface area contributed by atoms with Crippen molar-refractivity contribution in [3.8, 4) is 0 Å². The summed E-state index contributed by atoms with van der Waals surface area (Å²) in [5.41, 5.74) is 5.64. The SMILES string of the molecule is CSC(NC(N)=O)=[NH+]c1ccc(F)cc1.[I-]. The molecule has 0 aliphatic carbocycles. The van der Waals surface area contributed by atoms with Crippen LogP contribution in [0.1, 0.15) is 0 Å². The van der Waals surface area contributed by atoms with Gasteiger partial charge in [-0.15, -0.1) is 0 Å². The van der Waals surface area contributed by atoms with Crippen LogP contribution in [-0.4, -0.2) is 17.5 Å². The monoisotopic (exact) mass is 355 g/mol. The number of carbonyl (C=O) groups excluding carboxylic acids is 1. The van der Waals surface area contributed by atoms with Crippen LogP contribution in [0, 0.1) is 5.82 Å². The quantitative estimate of drug-likeness (QED) is 0.284. The number of halogens is 2. The lowest BCUT2D eigenvalue weighted by Gasteiger charge is -1.96. The Bertz CT molecular complexity index is 383. The van der Waals surface area contributed by atoms with Crippen molar-refractivity contribution >= 4 is 28.6 Å². The molecule has 1 aromatic rings. The summed E-state index contributed by atoms with van der Waals surface area (Å²) in [6, 6.07) is 5.13. The number of primary amides is 1. The summed E-state index contributed by atoms with van der Waals surface area (Å²) in [7, 11) is 0. The van der Waals surface area contributed by atoms with E-state index < -0.39 is 6.03 Å². The third-order valence-corrected chi connectivity index (χ3v) is 2.16. The first-order valence-corrected chi connectivity index (χ1v) is 5.34. The van der Waals surface area contributed by atoms with Crippen molar-refractivity contribution in [2.24, 2.45) is 5.73 Å². The molecular weight excluding hydrogens is 344 g/mol. The third kappa shape index (κ3) is 5.31. The molecule has 0 unspecified atom stereocenters. The molecule has 4 N–H and O–H groups in total. The molecule has 0 bridgehead atoms. The fourth-order valence-corrected chi connectivity index (χ4v) is 1.33. The van der Waals surface area contributed by atoms with Gasteiger partial charge < -0.3 is 29.7 Å². The fourth-order valence-electron chi connectivity index (χ4n) is 0.910. The number of rotatable bonds is 1. The number of carbonyl (C=O) groups is 1. The lowest BCUT2D eigenvalue weighted by Crippen LogP contribution is -3.00. The Labute approximate surface area is 114 Å². The summed E-state index contributed by atoms with van der Waals surface area (Å²) in [6.07, 6.45) is 1.78. The van der Waals surface area contributed by atoms with Crippen LogP contribution in [0.4, 0.5) is 14.9 Å². The summed E-state index contributed by atoms with van der Waals surface area (Å²) in [5.74, 6) is -0.311. The number of benzene rings is 1. The van der Waals surface area contributed by atoms with E-state index in [1.165, 1.54) is 23.9 Å². The van der Waals surface area contributed by atoms with Gasteiger partial charge >= 0.3 is 11.2 Å². The summed E-state index contributed by atoms with van der Waals surface area (Å²) in [5, 5.41) is 2.90. The number of nitrogens with one attached hydrogen (secondary N) is 2. The van der Waals surface area contributed by atoms with Crippen molar-refractivity contribution in [2.45, 2.75) is 0 Å². The third-order valence-electron chi connectivity index (χ3n) is 1.54. The van der Waals surface area contributed by atoms with Gasteiger partial charge in [0, 0.05) is 0 Å². The highest BCUT2D eigenvalue weighted by Gasteiger charge is 2.08. The fraction of sp³-hybridized carbons (Fsp3) is 0.111. The van der Waals surface area contributed by atoms with E-state index in [2.05, 4.69) is 10.3 Å². The van der Waals surface area contributed by atoms with Gasteiger partial charge in [-0.05, 0) is 42.3 Å². The number of thioether (sulfide) groups is 1. The van der Waals surface area contributed by atoms with Crippen molar-refractivity contribution in [3.63, 3.8) is 0 Å². The average Bonchev–Trinajstić information content (AvgIpc) is 2.19. The van der Waals surface area contributed by atoms with E-state index in [9.17, 15) is 9.18 Å². The molecule has 0 heterocycles. The highest BCUT2D eigenvalue weighted by atomic mass is 127. The van der Waals surface area contributed by atoms with Gasteiger partial charge in [0.25, 0.3) is 0 Å². The Morgan fingerprint density at radius 1 is 1.44 bits per heavy atom. The van der Waals surface area contributed by atoms with E-state index in [1.54, 1.807) is 18.4 Å². The zero-order valence-corrected chi connectivity index (χ0v) is 11.4. The molecule has 1 aromatic carbocycles. The predicted molar refractivity (Wildman–Crippen MR) is 58.3 cm³/mol. The molecule has 0 saturated heterocycles. The van der Waals surface area contributed by atoms with Crippen LogP contribution in [0.15, 0.2) is 24.3 Å². The van der Waals surface area contributed by atoms with Gasteiger partial charge in [0.2, 0.25) is 0 Å². The largest absolute Gasteiger partial charge is 1.00 e. The zero-order valence-electron chi connectivity index (χ0n) is 8.46. The normalized spacial score (nSPS) is 10.5. The van der Waals surface area contributed by atoms with Crippen LogP contribution < -0.4 is 40.0 Å². The van der Waals surface area contributed by atoms with Crippen LogP contribution in [-0.2, 0) is 0 Å². The lowest BCUT2D eigenvalue weighted by atomic mass is 10.3. The van der Waals surface area contributed by atoms with E-state index in [-0.39, 0.29) is 29.8 Å². The number of nitrogens with two attached hydrogens (primary N) is 1. The van der Waals surface area contributed by atoms with Gasteiger partial charge in [-0.25, -0.2) is 14.2 Å². The van der Waals surface area contributed by atoms with Crippen LogP contribution in [0.5, 0.6) is 0 Å². The predicted octanol–water partition coefficient (Wildman–Crippen LogP) is -3.07. The van der Waals surface area contributed by atoms with E-state index >= 15 is 0 Å². The van der Waals surface area contributed by atoms with Crippen molar-refractivity contribution in [3.05, 3.63) is 30.1 Å². The van der Waals surface area contributed by atoms with E-state index in [4.69, 9.17) is 5.73 Å². The molecule has 0 aliphatic rings. The number of hydrogen-bond donors (Lipinski definition) is 3. The Hall–Kier alpha value is -0.830. The Morgan fingerprint density at radius 2 is 2.00 bits per heavy atom. The van der Waals surface area contributed by atoms with Crippen LogP contribution in [0.2, 0.25) is 0 Å². The van der Waals surface area contributed by atoms with E-state index in [1.807, 2.05) is 0 Å². The first kappa shape index (κ1) is 15.2. The van der Waals surface area contributed by atoms with Gasteiger partial charge in [-0.2, -0.15) is 5.32 Å². The number of amidine groups is 1. The Kier molecular flexibility index (Phi) is 7.06. The van der Waals surface area contributed by atoms with Crippen molar-refractivity contribution in [1.82, 2.24) is 5.32 Å². The molecule has 0 aromatic heterocycles. The maximum absolute atomic E-state index is 12.6. The molecule has 0 fully saturated rings. The first-order chi connectivity index (χ1) is 7.11. The zero-order chi connectivity index (χ0) is 11.3. The standard InChI is InChI=1S/C9H10FN3OS.HI/c1-15-9(13-8(11)14)12-7-4-2-6(10)3-5-7;/h2-5H,1H3,(H3,11,12,13,14);1H. The summed E-state index contributed by atoms with van der Waals surface area (Å²) in [6.45, 7) is 0. The van der Waals surface area contributed by atoms with Crippen molar-refractivity contribution < 1.29 is 38.2 Å². The van der Waals surface area contributed by atoms with E-state index in [0.717, 1.165) is 0 Å². The second-order valence-corrected chi connectivity index (χ2v) is 3.47. The topological polar surface area (TPSA) is 69.1 Å². The smallest absolute Gasteiger partial charge is 0.404 e. The molecule has 0 aliphatic heterocycles. The minimum Gasteiger partial charge on any atom is -1.00 e. The molecule has 0 saturated carbocycles. The molecule has 7 heteroatoms. The molecule has 0 atom stereocenters. The summed E-state index contributed by atoms with van der Waals surface area (Å²) in [4.78, 5) is 13.5. The maximum Gasteiger partial charge on any atom is 0.404 e. The summed E-state index contributed by atoms with van der Waals surface area (Å²) >= 11 is 1.30. The minimum atomic E-state index is -0.644. The maximum atomic E-state index is 12.6. The van der Waals surface area contributed by atoms with Gasteiger partial charge in [0.15, 0.2) is 0 Å². The molecule has 16 heavy (non-hydrogen) atoms. The average molecular weight is 355 g/mol. The molecule has 4 nitrogen and oxygen atoms in total.